The smallest absolute Gasteiger partial charge is 0.494 e. The van der Waals surface area contributed by atoms with Gasteiger partial charge in [0.25, 0.3) is 0 Å². The van der Waals surface area contributed by atoms with Crippen LogP contribution in [0.15, 0.2) is 12.1 Å². The van der Waals surface area contributed by atoms with Crippen LogP contribution in [0, 0.1) is 0 Å². The number of aliphatic hydroxyl groups is 1. The fourth-order valence-corrected chi connectivity index (χ4v) is 2.30. The normalized spacial score (nSPS) is 20.2. The summed E-state index contributed by atoms with van der Waals surface area (Å²) in [7, 11) is 1.03. The van der Waals surface area contributed by atoms with Crippen LogP contribution in [0.5, 0.6) is 5.75 Å². The molecule has 110 valence electrons. The number of benzene rings is 1. The second-order valence-corrected chi connectivity index (χ2v) is 6.32. The van der Waals surface area contributed by atoms with E-state index >= 15 is 0 Å². The highest BCUT2D eigenvalue weighted by Gasteiger charge is 2.51. The summed E-state index contributed by atoms with van der Waals surface area (Å²) in [5, 5.41) is 9.80. The molecule has 1 aromatic rings. The summed E-state index contributed by atoms with van der Waals surface area (Å²) in [4.78, 5) is 0. The molecule has 1 heterocycles. The molecule has 0 spiro atoms. The molecule has 6 heteroatoms. The third-order valence-corrected chi connectivity index (χ3v) is 4.48. The molecule has 0 radical (unpaired) electrons. The van der Waals surface area contributed by atoms with Crippen molar-refractivity contribution in [2.75, 3.05) is 7.11 Å². The number of rotatable bonds is 3. The van der Waals surface area contributed by atoms with Gasteiger partial charge in [0.15, 0.2) is 0 Å². The topological polar surface area (TPSA) is 47.9 Å². The molecule has 20 heavy (non-hydrogen) atoms. The zero-order valence-electron chi connectivity index (χ0n) is 12.5. The standard InChI is InChI=1S/C14H20BClO4/c1-13(2)14(3,4)20-15(19-13)10-6-9(8-17)12(16)11(7-10)18-5/h6-7,17H,8H2,1-5H3. The van der Waals surface area contributed by atoms with Crippen LogP contribution in [0.4, 0.5) is 0 Å². The molecule has 0 unspecified atom stereocenters. The van der Waals surface area contributed by atoms with Crippen molar-refractivity contribution in [1.29, 1.82) is 0 Å². The lowest BCUT2D eigenvalue weighted by atomic mass is 9.78. The lowest BCUT2D eigenvalue weighted by Gasteiger charge is -2.32. The quantitative estimate of drug-likeness (QED) is 0.869. The van der Waals surface area contributed by atoms with E-state index in [9.17, 15) is 5.11 Å². The molecular weight excluding hydrogens is 278 g/mol. The van der Waals surface area contributed by atoms with E-state index in [0.717, 1.165) is 5.46 Å². The molecule has 0 atom stereocenters. The Morgan fingerprint density at radius 2 is 1.75 bits per heavy atom. The molecule has 1 N–H and O–H groups in total. The van der Waals surface area contributed by atoms with Crippen LogP contribution in [0.3, 0.4) is 0 Å². The number of hydrogen-bond donors (Lipinski definition) is 1. The van der Waals surface area contributed by atoms with Crippen LogP contribution in [0.25, 0.3) is 0 Å². The second kappa shape index (κ2) is 5.22. The molecule has 0 aliphatic carbocycles. The van der Waals surface area contributed by atoms with Crippen molar-refractivity contribution in [1.82, 2.24) is 0 Å². The Hall–Kier alpha value is -0.745. The maximum absolute atomic E-state index is 9.39. The predicted molar refractivity (Wildman–Crippen MR) is 79.6 cm³/mol. The van der Waals surface area contributed by atoms with Gasteiger partial charge in [-0.25, -0.2) is 0 Å². The molecule has 1 fully saturated rings. The summed E-state index contributed by atoms with van der Waals surface area (Å²) in [6.45, 7) is 7.81. The minimum atomic E-state index is -0.503. The fraction of sp³-hybridized carbons (Fsp3) is 0.571. The number of hydrogen-bond acceptors (Lipinski definition) is 4. The maximum Gasteiger partial charge on any atom is 0.494 e. The van der Waals surface area contributed by atoms with E-state index in [0.29, 0.717) is 16.3 Å². The van der Waals surface area contributed by atoms with E-state index in [2.05, 4.69) is 0 Å². The summed E-state index contributed by atoms with van der Waals surface area (Å²) in [5.41, 5.74) is 0.554. The Kier molecular flexibility index (Phi) is 4.09. The Morgan fingerprint density at radius 3 is 2.20 bits per heavy atom. The molecular formula is C14H20BClO4. The summed E-state index contributed by atoms with van der Waals surface area (Å²) in [5.74, 6) is 0.503. The average Bonchev–Trinajstić information content (AvgIpc) is 2.58. The largest absolute Gasteiger partial charge is 0.495 e. The van der Waals surface area contributed by atoms with E-state index in [1.54, 1.807) is 12.1 Å². The van der Waals surface area contributed by atoms with E-state index in [1.807, 2.05) is 27.7 Å². The molecule has 0 aromatic heterocycles. The van der Waals surface area contributed by atoms with Crippen molar-refractivity contribution in [2.24, 2.45) is 0 Å². The van der Waals surface area contributed by atoms with Gasteiger partial charge in [-0.2, -0.15) is 0 Å². The zero-order valence-corrected chi connectivity index (χ0v) is 13.2. The van der Waals surface area contributed by atoms with Crippen molar-refractivity contribution in [2.45, 2.75) is 45.5 Å². The summed E-state index contributed by atoms with van der Waals surface area (Å²) < 4.78 is 17.2. The Bertz CT molecular complexity index is 475. The van der Waals surface area contributed by atoms with Gasteiger partial charge in [-0.15, -0.1) is 0 Å². The molecule has 0 saturated carbocycles. The molecule has 0 bridgehead atoms. The van der Waals surface area contributed by atoms with Crippen LogP contribution in [-0.2, 0) is 15.9 Å². The van der Waals surface area contributed by atoms with E-state index in [4.69, 9.17) is 25.6 Å². The van der Waals surface area contributed by atoms with Gasteiger partial charge < -0.3 is 19.2 Å². The minimum Gasteiger partial charge on any atom is -0.495 e. The van der Waals surface area contributed by atoms with E-state index in [1.165, 1.54) is 7.11 Å². The number of halogens is 1. The molecule has 1 aliphatic rings. The van der Waals surface area contributed by atoms with Crippen molar-refractivity contribution >= 4 is 24.2 Å². The first-order valence-electron chi connectivity index (χ1n) is 6.54. The van der Waals surface area contributed by atoms with Crippen LogP contribution in [0.2, 0.25) is 5.02 Å². The first kappa shape index (κ1) is 15.6. The highest BCUT2D eigenvalue weighted by Crippen LogP contribution is 2.37. The highest BCUT2D eigenvalue weighted by molar-refractivity contribution is 6.62. The summed E-state index contributed by atoms with van der Waals surface area (Å²) in [6, 6.07) is 3.57. The van der Waals surface area contributed by atoms with Gasteiger partial charge in [0.1, 0.15) is 5.75 Å². The average molecular weight is 299 g/mol. The number of aliphatic hydroxyl groups excluding tert-OH is 1. The summed E-state index contributed by atoms with van der Waals surface area (Å²) in [6.07, 6.45) is 0. The van der Waals surface area contributed by atoms with Gasteiger partial charge in [0.05, 0.1) is 29.9 Å². The van der Waals surface area contributed by atoms with Gasteiger partial charge >= 0.3 is 7.12 Å². The predicted octanol–water partition coefficient (Wildman–Crippen LogP) is 2.14. The van der Waals surface area contributed by atoms with Gasteiger partial charge in [-0.05, 0) is 44.8 Å². The number of methoxy groups -OCH3 is 1. The van der Waals surface area contributed by atoms with Crippen molar-refractivity contribution in [3.05, 3.63) is 22.7 Å². The lowest BCUT2D eigenvalue weighted by Crippen LogP contribution is -2.41. The van der Waals surface area contributed by atoms with Crippen molar-refractivity contribution in [3.8, 4) is 5.75 Å². The van der Waals surface area contributed by atoms with Gasteiger partial charge in [0, 0.05) is 0 Å². The number of ether oxygens (including phenoxy) is 1. The fourth-order valence-electron chi connectivity index (χ4n) is 2.06. The van der Waals surface area contributed by atoms with Crippen LogP contribution in [-0.4, -0.2) is 30.5 Å². The monoisotopic (exact) mass is 298 g/mol. The Morgan fingerprint density at radius 1 is 1.20 bits per heavy atom. The zero-order chi connectivity index (χ0) is 15.1. The molecule has 1 saturated heterocycles. The summed E-state index contributed by atoms with van der Waals surface area (Å²) >= 11 is 6.13. The minimum absolute atomic E-state index is 0.164. The molecule has 1 aliphatic heterocycles. The third-order valence-electron chi connectivity index (χ3n) is 4.05. The van der Waals surface area contributed by atoms with E-state index in [-0.39, 0.29) is 6.61 Å². The third kappa shape index (κ3) is 2.55. The van der Waals surface area contributed by atoms with Crippen LogP contribution in [0.1, 0.15) is 33.3 Å². The molecule has 0 amide bonds. The first-order valence-corrected chi connectivity index (χ1v) is 6.92. The van der Waals surface area contributed by atoms with Crippen LogP contribution < -0.4 is 10.2 Å². The highest BCUT2D eigenvalue weighted by atomic mass is 35.5. The first-order chi connectivity index (χ1) is 9.21. The Labute approximate surface area is 125 Å². The van der Waals surface area contributed by atoms with Crippen LogP contribution >= 0.6 is 11.6 Å². The Balaban J connectivity index is 2.40. The molecule has 1 aromatic carbocycles. The second-order valence-electron chi connectivity index (χ2n) is 5.94. The molecule has 2 rings (SSSR count). The van der Waals surface area contributed by atoms with Gasteiger partial charge in [-0.3, -0.25) is 0 Å². The maximum atomic E-state index is 9.39. The van der Waals surface area contributed by atoms with Gasteiger partial charge in [-0.1, -0.05) is 17.7 Å². The SMILES string of the molecule is COc1cc(B2OC(C)(C)C(C)(C)O2)cc(CO)c1Cl. The molecule has 4 nitrogen and oxygen atoms in total. The van der Waals surface area contributed by atoms with Gasteiger partial charge in [0.2, 0.25) is 0 Å². The van der Waals surface area contributed by atoms with E-state index < -0.39 is 18.3 Å². The van der Waals surface area contributed by atoms with Crippen molar-refractivity contribution in [3.63, 3.8) is 0 Å². The lowest BCUT2D eigenvalue weighted by molar-refractivity contribution is 0.00578. The van der Waals surface area contributed by atoms with Crippen molar-refractivity contribution < 1.29 is 19.2 Å².